The van der Waals surface area contributed by atoms with E-state index in [0.717, 1.165) is 23.7 Å². The minimum Gasteiger partial charge on any atom is -0.444 e. The number of nitrogens with one attached hydrogen (secondary N) is 1. The summed E-state index contributed by atoms with van der Waals surface area (Å²) in [6.45, 7) is 7.02. The van der Waals surface area contributed by atoms with Crippen LogP contribution in [0.3, 0.4) is 0 Å². The molecule has 0 radical (unpaired) electrons. The fourth-order valence-electron chi connectivity index (χ4n) is 2.15. The third kappa shape index (κ3) is 4.30. The standard InChI is InChI=1S/C15H21ClN2O2/c1-15(2,3)20-14(19)18-9-8-13(10-18)17-12-6-4-11(16)5-7-12/h4-7,13,17H,8-10H2,1-3H3. The number of anilines is 1. The molecule has 1 amide bonds. The van der Waals surface area contributed by atoms with Gasteiger partial charge in [-0.15, -0.1) is 0 Å². The highest BCUT2D eigenvalue weighted by Gasteiger charge is 2.29. The average molecular weight is 297 g/mol. The molecule has 1 fully saturated rings. The van der Waals surface area contributed by atoms with Crippen LogP contribution in [0.25, 0.3) is 0 Å². The van der Waals surface area contributed by atoms with E-state index >= 15 is 0 Å². The van der Waals surface area contributed by atoms with Crippen LogP contribution in [0.4, 0.5) is 10.5 Å². The number of amides is 1. The third-order valence-electron chi connectivity index (χ3n) is 3.05. The second kappa shape index (κ2) is 5.92. The Kier molecular flexibility index (Phi) is 4.43. The summed E-state index contributed by atoms with van der Waals surface area (Å²) >= 11 is 5.86. The Balaban J connectivity index is 1.86. The van der Waals surface area contributed by atoms with Crippen molar-refractivity contribution in [1.29, 1.82) is 0 Å². The van der Waals surface area contributed by atoms with E-state index in [1.54, 1.807) is 4.90 Å². The number of likely N-dealkylation sites (tertiary alicyclic amines) is 1. The van der Waals surface area contributed by atoms with Gasteiger partial charge in [0, 0.05) is 29.8 Å². The smallest absolute Gasteiger partial charge is 0.410 e. The van der Waals surface area contributed by atoms with E-state index in [1.165, 1.54) is 0 Å². The van der Waals surface area contributed by atoms with Crippen molar-refractivity contribution in [2.24, 2.45) is 0 Å². The van der Waals surface area contributed by atoms with Gasteiger partial charge >= 0.3 is 6.09 Å². The van der Waals surface area contributed by atoms with Crippen molar-refractivity contribution >= 4 is 23.4 Å². The molecule has 0 spiro atoms. The number of ether oxygens (including phenoxy) is 1. The van der Waals surface area contributed by atoms with Crippen molar-refractivity contribution in [3.8, 4) is 0 Å². The fourth-order valence-corrected chi connectivity index (χ4v) is 2.28. The van der Waals surface area contributed by atoms with E-state index < -0.39 is 5.60 Å². The molecule has 1 aliphatic rings. The van der Waals surface area contributed by atoms with Crippen molar-refractivity contribution in [1.82, 2.24) is 4.90 Å². The van der Waals surface area contributed by atoms with Gasteiger partial charge in [0.05, 0.1) is 0 Å². The molecule has 1 unspecified atom stereocenters. The van der Waals surface area contributed by atoms with Gasteiger partial charge in [0.2, 0.25) is 0 Å². The van der Waals surface area contributed by atoms with Crippen molar-refractivity contribution in [3.63, 3.8) is 0 Å². The summed E-state index contributed by atoms with van der Waals surface area (Å²) in [5, 5.41) is 4.13. The maximum Gasteiger partial charge on any atom is 0.410 e. The van der Waals surface area contributed by atoms with Crippen LogP contribution in [0.2, 0.25) is 5.02 Å². The number of carbonyl (C=O) groups is 1. The fraction of sp³-hybridized carbons (Fsp3) is 0.533. The average Bonchev–Trinajstić information content (AvgIpc) is 2.79. The molecule has 1 aromatic rings. The van der Waals surface area contributed by atoms with Gasteiger partial charge in [-0.1, -0.05) is 11.6 Å². The predicted octanol–water partition coefficient (Wildman–Crippen LogP) is 3.76. The molecule has 1 aromatic carbocycles. The lowest BCUT2D eigenvalue weighted by atomic mass is 10.2. The lowest BCUT2D eigenvalue weighted by molar-refractivity contribution is 0.0293. The Labute approximate surface area is 125 Å². The Morgan fingerprint density at radius 1 is 1.35 bits per heavy atom. The normalized spacial score (nSPS) is 19.0. The molecule has 2 rings (SSSR count). The zero-order chi connectivity index (χ0) is 14.8. The highest BCUT2D eigenvalue weighted by atomic mass is 35.5. The van der Waals surface area contributed by atoms with Crippen LogP contribution in [0.5, 0.6) is 0 Å². The van der Waals surface area contributed by atoms with Crippen LogP contribution in [-0.4, -0.2) is 35.7 Å². The molecular weight excluding hydrogens is 276 g/mol. The Morgan fingerprint density at radius 2 is 2.00 bits per heavy atom. The van der Waals surface area contributed by atoms with Crippen molar-refractivity contribution in [2.75, 3.05) is 18.4 Å². The Morgan fingerprint density at radius 3 is 2.60 bits per heavy atom. The number of rotatable bonds is 2. The number of hydrogen-bond donors (Lipinski definition) is 1. The van der Waals surface area contributed by atoms with Crippen LogP contribution < -0.4 is 5.32 Å². The molecule has 4 nitrogen and oxygen atoms in total. The Bertz CT molecular complexity index is 468. The summed E-state index contributed by atoms with van der Waals surface area (Å²) in [4.78, 5) is 13.7. The molecule has 0 aliphatic carbocycles. The van der Waals surface area contributed by atoms with Gasteiger partial charge in [-0.05, 0) is 51.5 Å². The molecule has 1 heterocycles. The predicted molar refractivity (Wildman–Crippen MR) is 81.3 cm³/mol. The van der Waals surface area contributed by atoms with E-state index in [4.69, 9.17) is 16.3 Å². The number of halogens is 1. The SMILES string of the molecule is CC(C)(C)OC(=O)N1CCC(Nc2ccc(Cl)cc2)C1. The molecule has 0 bridgehead atoms. The van der Waals surface area contributed by atoms with Crippen LogP contribution >= 0.6 is 11.6 Å². The van der Waals surface area contributed by atoms with E-state index in [2.05, 4.69) is 5.32 Å². The van der Waals surface area contributed by atoms with Gasteiger partial charge in [-0.3, -0.25) is 0 Å². The number of hydrogen-bond acceptors (Lipinski definition) is 3. The van der Waals surface area contributed by atoms with Gasteiger partial charge in [-0.25, -0.2) is 4.79 Å². The molecule has 110 valence electrons. The first kappa shape index (κ1) is 15.0. The van der Waals surface area contributed by atoms with Gasteiger partial charge in [-0.2, -0.15) is 0 Å². The second-order valence-electron chi connectivity index (χ2n) is 6.06. The summed E-state index contributed by atoms with van der Waals surface area (Å²) in [7, 11) is 0. The molecule has 1 aliphatic heterocycles. The summed E-state index contributed by atoms with van der Waals surface area (Å²) in [5.41, 5.74) is 0.573. The van der Waals surface area contributed by atoms with Crippen LogP contribution in [0.15, 0.2) is 24.3 Å². The molecule has 5 heteroatoms. The van der Waals surface area contributed by atoms with E-state index in [0.29, 0.717) is 6.54 Å². The maximum absolute atomic E-state index is 12.0. The van der Waals surface area contributed by atoms with Crippen molar-refractivity contribution in [2.45, 2.75) is 38.8 Å². The zero-order valence-electron chi connectivity index (χ0n) is 12.1. The Hall–Kier alpha value is -1.42. The van der Waals surface area contributed by atoms with Crippen LogP contribution in [0, 0.1) is 0 Å². The monoisotopic (exact) mass is 296 g/mol. The first-order valence-corrected chi connectivity index (χ1v) is 7.21. The summed E-state index contributed by atoms with van der Waals surface area (Å²) < 4.78 is 5.38. The molecular formula is C15H21ClN2O2. The van der Waals surface area contributed by atoms with E-state index in [-0.39, 0.29) is 12.1 Å². The highest BCUT2D eigenvalue weighted by molar-refractivity contribution is 6.30. The number of carbonyl (C=O) groups excluding carboxylic acids is 1. The molecule has 0 aromatic heterocycles. The molecule has 1 atom stereocenters. The summed E-state index contributed by atoms with van der Waals surface area (Å²) in [5.74, 6) is 0. The topological polar surface area (TPSA) is 41.6 Å². The van der Waals surface area contributed by atoms with E-state index in [9.17, 15) is 4.79 Å². The van der Waals surface area contributed by atoms with Gasteiger partial charge in [0.1, 0.15) is 5.60 Å². The van der Waals surface area contributed by atoms with Gasteiger partial charge in [0.15, 0.2) is 0 Å². The van der Waals surface area contributed by atoms with Crippen molar-refractivity contribution in [3.05, 3.63) is 29.3 Å². The number of nitrogens with zero attached hydrogens (tertiary/aromatic N) is 1. The zero-order valence-corrected chi connectivity index (χ0v) is 12.9. The third-order valence-corrected chi connectivity index (χ3v) is 3.31. The van der Waals surface area contributed by atoms with Gasteiger partial charge in [0.25, 0.3) is 0 Å². The minimum atomic E-state index is -0.446. The number of benzene rings is 1. The minimum absolute atomic E-state index is 0.238. The second-order valence-corrected chi connectivity index (χ2v) is 6.50. The first-order chi connectivity index (χ1) is 9.33. The summed E-state index contributed by atoms with van der Waals surface area (Å²) in [6.07, 6.45) is 0.680. The molecule has 0 saturated carbocycles. The largest absolute Gasteiger partial charge is 0.444 e. The molecule has 1 N–H and O–H groups in total. The maximum atomic E-state index is 12.0. The highest BCUT2D eigenvalue weighted by Crippen LogP contribution is 2.20. The summed E-state index contributed by atoms with van der Waals surface area (Å²) in [6, 6.07) is 7.84. The first-order valence-electron chi connectivity index (χ1n) is 6.83. The van der Waals surface area contributed by atoms with Crippen molar-refractivity contribution < 1.29 is 9.53 Å². The lowest BCUT2D eigenvalue weighted by Gasteiger charge is -2.24. The van der Waals surface area contributed by atoms with Crippen LogP contribution in [-0.2, 0) is 4.74 Å². The van der Waals surface area contributed by atoms with Crippen LogP contribution in [0.1, 0.15) is 27.2 Å². The molecule has 20 heavy (non-hydrogen) atoms. The van der Waals surface area contributed by atoms with E-state index in [1.807, 2.05) is 45.0 Å². The van der Waals surface area contributed by atoms with Gasteiger partial charge < -0.3 is 15.0 Å². The lowest BCUT2D eigenvalue weighted by Crippen LogP contribution is -2.36. The quantitative estimate of drug-likeness (QED) is 0.903. The molecule has 1 saturated heterocycles.